The van der Waals surface area contributed by atoms with Crippen molar-refractivity contribution in [3.05, 3.63) is 22.4 Å². The Labute approximate surface area is 78.6 Å². The van der Waals surface area contributed by atoms with Gasteiger partial charge in [0.25, 0.3) is 5.56 Å². The van der Waals surface area contributed by atoms with Gasteiger partial charge in [-0.15, -0.1) is 0 Å². The SMILES string of the molecule is CC1CCc2ncc(NP)c(=O)n21. The molecule has 0 saturated heterocycles. The van der Waals surface area contributed by atoms with E-state index in [1.807, 2.05) is 6.92 Å². The molecule has 2 heterocycles. The van der Waals surface area contributed by atoms with E-state index in [2.05, 4.69) is 19.5 Å². The second-order valence-electron chi connectivity index (χ2n) is 3.30. The first kappa shape index (κ1) is 8.70. The highest BCUT2D eigenvalue weighted by atomic mass is 31.0. The van der Waals surface area contributed by atoms with Crippen molar-refractivity contribution < 1.29 is 0 Å². The van der Waals surface area contributed by atoms with Crippen LogP contribution in [0.5, 0.6) is 0 Å². The number of aromatic nitrogens is 2. The van der Waals surface area contributed by atoms with Crippen LogP contribution in [0, 0.1) is 0 Å². The summed E-state index contributed by atoms with van der Waals surface area (Å²) in [6.45, 7) is 2.05. The molecule has 0 saturated carbocycles. The summed E-state index contributed by atoms with van der Waals surface area (Å²) in [5, 5.41) is 2.77. The standard InChI is InChI=1S/C8H12N3OP/c1-5-2-3-7-9-4-6(10-13)8(12)11(5)7/h4-5,10H,2-3,13H2,1H3. The molecule has 2 rings (SSSR count). The second kappa shape index (κ2) is 3.11. The molecule has 1 aromatic heterocycles. The fourth-order valence-electron chi connectivity index (χ4n) is 1.71. The summed E-state index contributed by atoms with van der Waals surface area (Å²) in [7, 11) is 2.32. The molecule has 1 aliphatic heterocycles. The molecule has 2 atom stereocenters. The van der Waals surface area contributed by atoms with E-state index in [0.717, 1.165) is 18.7 Å². The number of aryl methyl sites for hydroxylation is 1. The van der Waals surface area contributed by atoms with E-state index in [1.165, 1.54) is 0 Å². The highest BCUT2D eigenvalue weighted by molar-refractivity contribution is 7.18. The predicted molar refractivity (Wildman–Crippen MR) is 54.9 cm³/mol. The maximum Gasteiger partial charge on any atom is 0.277 e. The van der Waals surface area contributed by atoms with E-state index in [4.69, 9.17) is 0 Å². The number of hydrogen-bond acceptors (Lipinski definition) is 3. The van der Waals surface area contributed by atoms with Crippen LogP contribution in [0.4, 0.5) is 5.69 Å². The maximum atomic E-state index is 11.7. The van der Waals surface area contributed by atoms with E-state index in [0.29, 0.717) is 5.69 Å². The van der Waals surface area contributed by atoms with E-state index in [1.54, 1.807) is 10.8 Å². The molecule has 13 heavy (non-hydrogen) atoms. The fourth-order valence-corrected chi connectivity index (χ4v) is 1.91. The molecule has 1 aromatic rings. The van der Waals surface area contributed by atoms with Gasteiger partial charge in [-0.05, 0) is 22.7 Å². The lowest BCUT2D eigenvalue weighted by molar-refractivity contribution is 0.561. The molecule has 0 fully saturated rings. The van der Waals surface area contributed by atoms with Gasteiger partial charge in [0.2, 0.25) is 0 Å². The van der Waals surface area contributed by atoms with Crippen molar-refractivity contribution in [2.24, 2.45) is 0 Å². The van der Waals surface area contributed by atoms with Gasteiger partial charge in [-0.2, -0.15) is 0 Å². The maximum absolute atomic E-state index is 11.7. The number of nitrogens with zero attached hydrogens (tertiary/aromatic N) is 2. The van der Waals surface area contributed by atoms with Crippen molar-refractivity contribution >= 4 is 15.1 Å². The molecular formula is C8H12N3OP. The average molecular weight is 197 g/mol. The summed E-state index contributed by atoms with van der Waals surface area (Å²) in [4.78, 5) is 16.0. The van der Waals surface area contributed by atoms with Crippen molar-refractivity contribution in [1.29, 1.82) is 0 Å². The molecule has 1 N–H and O–H groups in total. The smallest absolute Gasteiger partial charge is 0.277 e. The summed E-state index contributed by atoms with van der Waals surface area (Å²) >= 11 is 0. The quantitative estimate of drug-likeness (QED) is 0.682. The summed E-state index contributed by atoms with van der Waals surface area (Å²) < 4.78 is 1.77. The van der Waals surface area contributed by atoms with Gasteiger partial charge >= 0.3 is 0 Å². The largest absolute Gasteiger partial charge is 0.364 e. The highest BCUT2D eigenvalue weighted by Gasteiger charge is 2.21. The molecule has 0 amide bonds. The second-order valence-corrected chi connectivity index (χ2v) is 3.58. The number of hydrogen-bond donors (Lipinski definition) is 1. The van der Waals surface area contributed by atoms with E-state index < -0.39 is 0 Å². The van der Waals surface area contributed by atoms with Crippen LogP contribution in [-0.4, -0.2) is 9.55 Å². The average Bonchev–Trinajstić information content (AvgIpc) is 2.49. The summed E-state index contributed by atoms with van der Waals surface area (Å²) in [5.41, 5.74) is 0.576. The first-order valence-corrected chi connectivity index (χ1v) is 4.89. The molecule has 4 nitrogen and oxygen atoms in total. The van der Waals surface area contributed by atoms with Crippen LogP contribution in [-0.2, 0) is 6.42 Å². The van der Waals surface area contributed by atoms with Crippen LogP contribution in [0.2, 0.25) is 0 Å². The molecule has 0 radical (unpaired) electrons. The third-order valence-electron chi connectivity index (χ3n) is 2.45. The van der Waals surface area contributed by atoms with Gasteiger partial charge in [-0.25, -0.2) is 4.98 Å². The molecule has 0 aliphatic carbocycles. The van der Waals surface area contributed by atoms with Crippen molar-refractivity contribution in [2.75, 3.05) is 5.09 Å². The Morgan fingerprint density at radius 2 is 2.54 bits per heavy atom. The monoisotopic (exact) mass is 197 g/mol. The first-order valence-electron chi connectivity index (χ1n) is 4.31. The third-order valence-corrected chi connectivity index (χ3v) is 2.76. The highest BCUT2D eigenvalue weighted by Crippen LogP contribution is 2.21. The van der Waals surface area contributed by atoms with Crippen LogP contribution < -0.4 is 10.6 Å². The van der Waals surface area contributed by atoms with Crippen molar-refractivity contribution in [2.45, 2.75) is 25.8 Å². The molecule has 70 valence electrons. The zero-order valence-corrected chi connectivity index (χ0v) is 8.60. The lowest BCUT2D eigenvalue weighted by atomic mass is 10.2. The molecule has 5 heteroatoms. The number of fused-ring (bicyclic) bond motifs is 1. The minimum Gasteiger partial charge on any atom is -0.364 e. The number of nitrogens with one attached hydrogen (secondary N) is 1. The number of anilines is 1. The topological polar surface area (TPSA) is 46.9 Å². The minimum absolute atomic E-state index is 0.0324. The summed E-state index contributed by atoms with van der Waals surface area (Å²) in [6.07, 6.45) is 3.52. The van der Waals surface area contributed by atoms with Gasteiger partial charge in [0, 0.05) is 12.5 Å². The fraction of sp³-hybridized carbons (Fsp3) is 0.500. The summed E-state index contributed by atoms with van der Waals surface area (Å²) in [6, 6.07) is 0.285. The van der Waals surface area contributed by atoms with E-state index in [9.17, 15) is 4.79 Å². The van der Waals surface area contributed by atoms with E-state index >= 15 is 0 Å². The lowest BCUT2D eigenvalue weighted by Crippen LogP contribution is -2.24. The number of rotatable bonds is 1. The molecule has 0 aromatic carbocycles. The minimum atomic E-state index is 0.0324. The van der Waals surface area contributed by atoms with Crippen LogP contribution in [0.25, 0.3) is 0 Å². The lowest BCUT2D eigenvalue weighted by Gasteiger charge is -2.09. The van der Waals surface area contributed by atoms with Crippen molar-refractivity contribution in [1.82, 2.24) is 9.55 Å². The molecular weight excluding hydrogens is 185 g/mol. The van der Waals surface area contributed by atoms with E-state index in [-0.39, 0.29) is 11.6 Å². The Bertz CT molecular complexity index is 387. The predicted octanol–water partition coefficient (Wildman–Crippen LogP) is 0.952. The Balaban J connectivity index is 2.63. The molecule has 0 spiro atoms. The van der Waals surface area contributed by atoms with Crippen LogP contribution in [0.1, 0.15) is 25.2 Å². The Kier molecular flexibility index (Phi) is 2.08. The molecule has 1 aliphatic rings. The zero-order chi connectivity index (χ0) is 9.42. The first-order chi connectivity index (χ1) is 6.24. The Morgan fingerprint density at radius 1 is 1.77 bits per heavy atom. The summed E-state index contributed by atoms with van der Waals surface area (Å²) in [5.74, 6) is 0.904. The molecule has 2 unspecified atom stereocenters. The Morgan fingerprint density at radius 3 is 3.23 bits per heavy atom. The van der Waals surface area contributed by atoms with Crippen LogP contribution in [0.3, 0.4) is 0 Å². The third kappa shape index (κ3) is 1.25. The van der Waals surface area contributed by atoms with Gasteiger partial charge in [-0.3, -0.25) is 9.36 Å². The van der Waals surface area contributed by atoms with Crippen LogP contribution in [0.15, 0.2) is 11.0 Å². The van der Waals surface area contributed by atoms with Crippen LogP contribution >= 0.6 is 9.39 Å². The van der Waals surface area contributed by atoms with Crippen molar-refractivity contribution in [3.8, 4) is 0 Å². The zero-order valence-electron chi connectivity index (χ0n) is 7.45. The van der Waals surface area contributed by atoms with Crippen molar-refractivity contribution in [3.63, 3.8) is 0 Å². The molecule has 0 bridgehead atoms. The van der Waals surface area contributed by atoms with Gasteiger partial charge in [0.05, 0.1) is 6.20 Å². The normalized spacial score (nSPS) is 20.0. The van der Waals surface area contributed by atoms with Gasteiger partial charge in [0.15, 0.2) is 0 Å². The Hall–Kier alpha value is -0.890. The van der Waals surface area contributed by atoms with Gasteiger partial charge in [0.1, 0.15) is 11.5 Å². The van der Waals surface area contributed by atoms with Gasteiger partial charge < -0.3 is 5.09 Å². The van der Waals surface area contributed by atoms with Gasteiger partial charge in [-0.1, -0.05) is 0 Å².